The predicted molar refractivity (Wildman–Crippen MR) is 55.5 cm³/mol. The highest BCUT2D eigenvalue weighted by molar-refractivity contribution is 5.80. The van der Waals surface area contributed by atoms with Gasteiger partial charge in [0.2, 0.25) is 5.91 Å². The van der Waals surface area contributed by atoms with Crippen LogP contribution in [0.1, 0.15) is 11.7 Å². The van der Waals surface area contributed by atoms with Crippen molar-refractivity contribution in [1.29, 1.82) is 0 Å². The Hall–Kier alpha value is -2.26. The first-order valence-electron chi connectivity index (χ1n) is 4.39. The van der Waals surface area contributed by atoms with Crippen molar-refractivity contribution in [2.75, 3.05) is 5.73 Å². The zero-order valence-corrected chi connectivity index (χ0v) is 8.48. The molecular formula is C8H10N4O5. The van der Waals surface area contributed by atoms with Crippen LogP contribution >= 0.6 is 0 Å². The first-order chi connectivity index (χ1) is 7.86. The maximum atomic E-state index is 10.7. The van der Waals surface area contributed by atoms with E-state index in [1.807, 2.05) is 0 Å². The molecule has 1 aromatic heterocycles. The van der Waals surface area contributed by atoms with Crippen LogP contribution in [-0.2, 0) is 4.79 Å². The largest absolute Gasteiger partial charge is 0.393 e. The van der Waals surface area contributed by atoms with E-state index < -0.39 is 28.7 Å². The first kappa shape index (κ1) is 12.8. The number of hydrogen-bond donors (Lipinski definition) is 4. The third-order valence-electron chi connectivity index (χ3n) is 2.10. The van der Waals surface area contributed by atoms with Gasteiger partial charge in [-0.15, -0.1) is 0 Å². The van der Waals surface area contributed by atoms with Gasteiger partial charge in [0.25, 0.3) is 0 Å². The lowest BCUT2D eigenvalue weighted by Crippen LogP contribution is -2.34. The molecule has 1 amide bonds. The van der Waals surface area contributed by atoms with E-state index in [-0.39, 0.29) is 11.3 Å². The smallest absolute Gasteiger partial charge is 0.310 e. The molecule has 6 N–H and O–H groups in total. The van der Waals surface area contributed by atoms with Crippen molar-refractivity contribution in [1.82, 2.24) is 4.98 Å². The molecule has 1 aromatic rings. The SMILES string of the molecule is NC(=O)C(O)C(O)c1cncc([N+](=O)[O-])c1N. The minimum Gasteiger partial charge on any atom is -0.393 e. The highest BCUT2D eigenvalue weighted by Gasteiger charge is 2.28. The summed E-state index contributed by atoms with van der Waals surface area (Å²) in [6.45, 7) is 0. The average molecular weight is 242 g/mol. The minimum atomic E-state index is -1.92. The van der Waals surface area contributed by atoms with Gasteiger partial charge in [0.05, 0.1) is 4.92 Å². The summed E-state index contributed by atoms with van der Waals surface area (Å²) < 4.78 is 0. The van der Waals surface area contributed by atoms with Gasteiger partial charge in [-0.1, -0.05) is 0 Å². The molecule has 0 aliphatic rings. The Kier molecular flexibility index (Phi) is 3.55. The summed E-state index contributed by atoms with van der Waals surface area (Å²) in [7, 11) is 0. The van der Waals surface area contributed by atoms with Crippen LogP contribution in [-0.4, -0.2) is 32.1 Å². The predicted octanol–water partition coefficient (Wildman–Crippen LogP) is -1.55. The zero-order valence-electron chi connectivity index (χ0n) is 8.48. The Labute approximate surface area is 94.8 Å². The van der Waals surface area contributed by atoms with Gasteiger partial charge >= 0.3 is 5.69 Å². The van der Waals surface area contributed by atoms with E-state index in [0.717, 1.165) is 12.4 Å². The van der Waals surface area contributed by atoms with Crippen LogP contribution < -0.4 is 11.5 Å². The van der Waals surface area contributed by atoms with Gasteiger partial charge in [-0.3, -0.25) is 19.9 Å². The van der Waals surface area contributed by atoms with E-state index in [1.54, 1.807) is 0 Å². The van der Waals surface area contributed by atoms with Crippen LogP contribution in [0.15, 0.2) is 12.4 Å². The van der Waals surface area contributed by atoms with Crippen molar-refractivity contribution in [3.63, 3.8) is 0 Å². The third-order valence-corrected chi connectivity index (χ3v) is 2.10. The van der Waals surface area contributed by atoms with E-state index >= 15 is 0 Å². The lowest BCUT2D eigenvalue weighted by molar-refractivity contribution is -0.384. The normalized spacial score (nSPS) is 14.0. The molecule has 0 aliphatic carbocycles. The molecule has 0 fully saturated rings. The maximum Gasteiger partial charge on any atom is 0.310 e. The molecule has 0 radical (unpaired) electrons. The lowest BCUT2D eigenvalue weighted by Gasteiger charge is -2.16. The van der Waals surface area contributed by atoms with Gasteiger partial charge in [-0.05, 0) is 0 Å². The molecule has 0 aliphatic heterocycles. The number of nitro groups is 1. The molecule has 1 heterocycles. The molecule has 0 bridgehead atoms. The second-order valence-electron chi connectivity index (χ2n) is 3.21. The van der Waals surface area contributed by atoms with E-state index in [2.05, 4.69) is 4.98 Å². The summed E-state index contributed by atoms with van der Waals surface area (Å²) >= 11 is 0. The number of nitrogen functional groups attached to an aromatic ring is 1. The molecule has 0 aromatic carbocycles. The molecule has 17 heavy (non-hydrogen) atoms. The van der Waals surface area contributed by atoms with Crippen LogP contribution in [0.4, 0.5) is 11.4 Å². The van der Waals surface area contributed by atoms with Gasteiger partial charge in [0.15, 0.2) is 6.10 Å². The number of carbonyl (C=O) groups excluding carboxylic acids is 1. The average Bonchev–Trinajstić information content (AvgIpc) is 2.26. The second-order valence-corrected chi connectivity index (χ2v) is 3.21. The van der Waals surface area contributed by atoms with Crippen LogP contribution in [0.25, 0.3) is 0 Å². The number of nitrogens with two attached hydrogens (primary N) is 2. The zero-order chi connectivity index (χ0) is 13.2. The highest BCUT2D eigenvalue weighted by Crippen LogP contribution is 2.29. The Morgan fingerprint density at radius 3 is 2.53 bits per heavy atom. The van der Waals surface area contributed by atoms with E-state index in [1.165, 1.54) is 0 Å². The first-order valence-corrected chi connectivity index (χ1v) is 4.39. The number of aromatic nitrogens is 1. The van der Waals surface area contributed by atoms with Crippen LogP contribution in [0.3, 0.4) is 0 Å². The Balaban J connectivity index is 3.19. The molecule has 1 rings (SSSR count). The number of amides is 1. The number of aliphatic hydroxyl groups is 2. The number of anilines is 1. The van der Waals surface area contributed by atoms with Crippen molar-refractivity contribution in [2.45, 2.75) is 12.2 Å². The molecule has 9 heteroatoms. The summed E-state index contributed by atoms with van der Waals surface area (Å²) in [6.07, 6.45) is -1.78. The fourth-order valence-electron chi connectivity index (χ4n) is 1.18. The van der Waals surface area contributed by atoms with Gasteiger partial charge < -0.3 is 21.7 Å². The second kappa shape index (κ2) is 4.72. The standard InChI is InChI=1S/C8H10N4O5/c9-5-3(6(13)7(14)8(10)15)1-11-2-4(5)12(16)17/h1-2,6-7,13-14H,(H2,9,11)(H2,10,15). The molecule has 2 unspecified atom stereocenters. The summed E-state index contributed by atoms with van der Waals surface area (Å²) in [4.78, 5) is 23.9. The van der Waals surface area contributed by atoms with Gasteiger partial charge in [0, 0.05) is 11.8 Å². The molecule has 2 atom stereocenters. The van der Waals surface area contributed by atoms with E-state index in [4.69, 9.17) is 11.5 Å². The number of carbonyl (C=O) groups is 1. The third kappa shape index (κ3) is 2.46. The van der Waals surface area contributed by atoms with Crippen LogP contribution in [0.5, 0.6) is 0 Å². The minimum absolute atomic E-state index is 0.231. The van der Waals surface area contributed by atoms with E-state index in [9.17, 15) is 25.1 Å². The Morgan fingerprint density at radius 1 is 1.47 bits per heavy atom. The number of aliphatic hydroxyl groups excluding tert-OH is 2. The van der Waals surface area contributed by atoms with Crippen LogP contribution in [0, 0.1) is 10.1 Å². The van der Waals surface area contributed by atoms with Crippen molar-refractivity contribution in [2.24, 2.45) is 5.73 Å². The molecule has 0 saturated heterocycles. The molecule has 0 spiro atoms. The van der Waals surface area contributed by atoms with Crippen molar-refractivity contribution in [3.8, 4) is 0 Å². The van der Waals surface area contributed by atoms with Gasteiger partial charge in [-0.2, -0.15) is 0 Å². The molecular weight excluding hydrogens is 232 g/mol. The maximum absolute atomic E-state index is 10.7. The lowest BCUT2D eigenvalue weighted by atomic mass is 10.0. The monoisotopic (exact) mass is 242 g/mol. The van der Waals surface area contributed by atoms with Crippen molar-refractivity contribution in [3.05, 3.63) is 28.1 Å². The van der Waals surface area contributed by atoms with Crippen molar-refractivity contribution >= 4 is 17.3 Å². The summed E-state index contributed by atoms with van der Waals surface area (Å²) in [6, 6.07) is 0. The van der Waals surface area contributed by atoms with Gasteiger partial charge in [0.1, 0.15) is 18.0 Å². The number of hydrogen-bond acceptors (Lipinski definition) is 7. The van der Waals surface area contributed by atoms with Crippen molar-refractivity contribution < 1.29 is 19.9 Å². The number of primary amides is 1. The fraction of sp³-hybridized carbons (Fsp3) is 0.250. The summed E-state index contributed by atoms with van der Waals surface area (Å²) in [5.74, 6) is -1.18. The number of nitrogens with zero attached hydrogens (tertiary/aromatic N) is 2. The Morgan fingerprint density at radius 2 is 2.06 bits per heavy atom. The van der Waals surface area contributed by atoms with E-state index in [0.29, 0.717) is 0 Å². The van der Waals surface area contributed by atoms with Crippen LogP contribution in [0.2, 0.25) is 0 Å². The quantitative estimate of drug-likeness (QED) is 0.366. The van der Waals surface area contributed by atoms with Gasteiger partial charge in [-0.25, -0.2) is 0 Å². The summed E-state index contributed by atoms with van der Waals surface area (Å²) in [5.41, 5.74) is 9.06. The number of pyridine rings is 1. The fourth-order valence-corrected chi connectivity index (χ4v) is 1.18. The topological polar surface area (TPSA) is 166 Å². The Bertz CT molecular complexity index is 463. The number of rotatable bonds is 4. The molecule has 9 nitrogen and oxygen atoms in total. The summed E-state index contributed by atoms with van der Waals surface area (Å²) in [5, 5.41) is 29.3. The molecule has 92 valence electrons. The molecule has 0 saturated carbocycles. The highest BCUT2D eigenvalue weighted by atomic mass is 16.6.